The van der Waals surface area contributed by atoms with Crippen LogP contribution >= 0.6 is 0 Å². The van der Waals surface area contributed by atoms with Gasteiger partial charge >= 0.3 is 0 Å². The van der Waals surface area contributed by atoms with E-state index in [0.717, 1.165) is 0 Å². The van der Waals surface area contributed by atoms with Gasteiger partial charge in [0.25, 0.3) is 0 Å². The van der Waals surface area contributed by atoms with Crippen LogP contribution in [0.25, 0.3) is 0 Å². The minimum atomic E-state index is -1.45. The highest BCUT2D eigenvalue weighted by atomic mass is 16.7. The van der Waals surface area contributed by atoms with Gasteiger partial charge in [-0.15, -0.1) is 0 Å². The molecule has 1 fully saturated rings. The lowest BCUT2D eigenvalue weighted by atomic mass is 9.93. The average molecular weight is 793 g/mol. The van der Waals surface area contributed by atoms with Crippen molar-refractivity contribution >= 4 is 0 Å². The second-order valence-electron chi connectivity index (χ2n) is 15.6. The number of aliphatic hydroxyl groups excluding tert-OH is 3. The van der Waals surface area contributed by atoms with E-state index >= 15 is 0 Å². The number of benzene rings is 2. The summed E-state index contributed by atoms with van der Waals surface area (Å²) in [6.07, 6.45) is -6.23. The molecule has 0 amide bonds. The van der Waals surface area contributed by atoms with Crippen molar-refractivity contribution in [3.63, 3.8) is 0 Å². The van der Waals surface area contributed by atoms with E-state index in [0.29, 0.717) is 96.3 Å². The fourth-order valence-electron chi connectivity index (χ4n) is 5.98. The van der Waals surface area contributed by atoms with E-state index in [1.165, 1.54) is 33.4 Å². The maximum atomic E-state index is 10.4. The molecule has 0 aliphatic carbocycles. The summed E-state index contributed by atoms with van der Waals surface area (Å²) in [5, 5.41) is 31.1. The molecule has 0 radical (unpaired) electrons. The summed E-state index contributed by atoms with van der Waals surface area (Å²) in [6, 6.07) is 13.4. The van der Waals surface area contributed by atoms with Gasteiger partial charge in [0.1, 0.15) is 24.4 Å². The van der Waals surface area contributed by atoms with E-state index in [1.54, 1.807) is 0 Å². The Morgan fingerprint density at radius 3 is 1.14 bits per heavy atom. The van der Waals surface area contributed by atoms with Gasteiger partial charge in [0.15, 0.2) is 6.29 Å². The Morgan fingerprint density at radius 2 is 0.768 bits per heavy atom. The number of hydrogen-bond acceptors (Lipinski definition) is 12. The molecule has 3 rings (SSSR count). The van der Waals surface area contributed by atoms with Crippen LogP contribution < -0.4 is 0 Å². The maximum Gasteiger partial charge on any atom is 0.186 e. The van der Waals surface area contributed by atoms with Crippen molar-refractivity contribution < 1.29 is 58.0 Å². The monoisotopic (exact) mass is 793 g/mol. The molecule has 0 spiro atoms. The molecular weight excluding hydrogens is 720 g/mol. The third kappa shape index (κ3) is 17.8. The Balaban J connectivity index is 1.17. The van der Waals surface area contributed by atoms with E-state index in [4.69, 9.17) is 42.6 Å². The summed E-state index contributed by atoms with van der Waals surface area (Å²) in [4.78, 5) is 0. The van der Waals surface area contributed by atoms with Gasteiger partial charge in [-0.3, -0.25) is 0 Å². The number of hydrogen-bond donors (Lipinski definition) is 3. The quantitative estimate of drug-likeness (QED) is 0.0855. The molecular formula is C44H72O12. The zero-order chi connectivity index (χ0) is 40.9. The normalized spacial score (nSPS) is 20.3. The Labute approximate surface area is 336 Å². The molecule has 56 heavy (non-hydrogen) atoms. The average Bonchev–Trinajstić information content (AvgIpc) is 3.17. The molecule has 1 heterocycles. The Morgan fingerprint density at radius 1 is 0.429 bits per heavy atom. The van der Waals surface area contributed by atoms with Gasteiger partial charge in [-0.05, 0) is 57.1 Å². The summed E-state index contributed by atoms with van der Waals surface area (Å²) in [6.45, 7) is 23.1. The SMILES string of the molecule is CC(C)c1cc(COCCOCCOCCOCC2OC(OCCOCCOCCOCc3cc(C(C)C)cc(C(C)C)c3)C(O)C(O)C2O)cc(C(C)C)c1. The zero-order valence-corrected chi connectivity index (χ0v) is 35.3. The Hall–Kier alpha value is -2.04. The lowest BCUT2D eigenvalue weighted by Gasteiger charge is -2.40. The third-order valence-electron chi connectivity index (χ3n) is 9.60. The van der Waals surface area contributed by atoms with Gasteiger partial charge in [-0.2, -0.15) is 0 Å². The second-order valence-corrected chi connectivity index (χ2v) is 15.6. The first kappa shape index (κ1) is 48.3. The molecule has 0 saturated carbocycles. The maximum absolute atomic E-state index is 10.4. The van der Waals surface area contributed by atoms with Crippen molar-refractivity contribution in [2.75, 3.05) is 85.9 Å². The molecule has 3 N–H and O–H groups in total. The predicted molar refractivity (Wildman–Crippen MR) is 215 cm³/mol. The van der Waals surface area contributed by atoms with Crippen LogP contribution in [0, 0.1) is 0 Å². The summed E-state index contributed by atoms with van der Waals surface area (Å²) >= 11 is 0. The second kappa shape index (κ2) is 26.9. The van der Waals surface area contributed by atoms with Crippen LogP contribution in [0.4, 0.5) is 0 Å². The summed E-state index contributed by atoms with van der Waals surface area (Å²) < 4.78 is 51.0. The van der Waals surface area contributed by atoms with Crippen LogP contribution in [-0.2, 0) is 55.8 Å². The van der Waals surface area contributed by atoms with Crippen molar-refractivity contribution in [3.8, 4) is 0 Å². The van der Waals surface area contributed by atoms with Crippen molar-refractivity contribution in [2.45, 2.75) is 123 Å². The van der Waals surface area contributed by atoms with Gasteiger partial charge in [0, 0.05) is 0 Å². The molecule has 12 heteroatoms. The predicted octanol–water partition coefficient (Wildman–Crippen LogP) is 5.82. The molecule has 1 aliphatic rings. The molecule has 1 saturated heterocycles. The first-order chi connectivity index (χ1) is 26.9. The van der Waals surface area contributed by atoms with Crippen LogP contribution in [0.15, 0.2) is 36.4 Å². The largest absolute Gasteiger partial charge is 0.387 e. The number of rotatable bonds is 29. The highest BCUT2D eigenvalue weighted by Gasteiger charge is 2.44. The number of ether oxygens (including phenoxy) is 9. The zero-order valence-electron chi connectivity index (χ0n) is 35.3. The Bertz CT molecular complexity index is 1280. The lowest BCUT2D eigenvalue weighted by molar-refractivity contribution is -0.304. The van der Waals surface area contributed by atoms with Crippen LogP contribution in [-0.4, -0.2) is 132 Å². The molecule has 5 atom stereocenters. The first-order valence-electron chi connectivity index (χ1n) is 20.5. The summed E-state index contributed by atoms with van der Waals surface area (Å²) in [5.41, 5.74) is 7.67. The summed E-state index contributed by atoms with van der Waals surface area (Å²) in [5.74, 6) is 1.87. The van der Waals surface area contributed by atoms with Crippen LogP contribution in [0.3, 0.4) is 0 Å². The minimum Gasteiger partial charge on any atom is -0.387 e. The molecule has 5 unspecified atom stereocenters. The highest BCUT2D eigenvalue weighted by Crippen LogP contribution is 2.26. The van der Waals surface area contributed by atoms with Crippen molar-refractivity contribution in [1.29, 1.82) is 0 Å². The third-order valence-corrected chi connectivity index (χ3v) is 9.60. The topological polar surface area (TPSA) is 144 Å². The molecule has 2 aromatic carbocycles. The molecule has 0 aromatic heterocycles. The van der Waals surface area contributed by atoms with E-state index in [9.17, 15) is 15.3 Å². The molecule has 1 aliphatic heterocycles. The van der Waals surface area contributed by atoms with E-state index in [2.05, 4.69) is 91.8 Å². The van der Waals surface area contributed by atoms with Crippen LogP contribution in [0.5, 0.6) is 0 Å². The van der Waals surface area contributed by atoms with Crippen molar-refractivity contribution in [3.05, 3.63) is 69.8 Å². The van der Waals surface area contributed by atoms with Crippen LogP contribution in [0.1, 0.15) is 112 Å². The van der Waals surface area contributed by atoms with Gasteiger partial charge < -0.3 is 58.0 Å². The fourth-order valence-corrected chi connectivity index (χ4v) is 5.98. The van der Waals surface area contributed by atoms with E-state index in [1.807, 2.05) is 0 Å². The molecule has 0 bridgehead atoms. The van der Waals surface area contributed by atoms with Gasteiger partial charge in [0.05, 0.1) is 99.1 Å². The van der Waals surface area contributed by atoms with Gasteiger partial charge in [-0.25, -0.2) is 0 Å². The van der Waals surface area contributed by atoms with E-state index < -0.39 is 30.7 Å². The molecule has 320 valence electrons. The highest BCUT2D eigenvalue weighted by molar-refractivity contribution is 5.34. The van der Waals surface area contributed by atoms with Crippen LogP contribution in [0.2, 0.25) is 0 Å². The smallest absolute Gasteiger partial charge is 0.186 e. The Kier molecular flexibility index (Phi) is 23.2. The van der Waals surface area contributed by atoms with Crippen molar-refractivity contribution in [1.82, 2.24) is 0 Å². The van der Waals surface area contributed by atoms with Crippen molar-refractivity contribution in [2.24, 2.45) is 0 Å². The molecule has 12 nitrogen and oxygen atoms in total. The number of aliphatic hydroxyl groups is 3. The first-order valence-corrected chi connectivity index (χ1v) is 20.5. The van der Waals surface area contributed by atoms with Gasteiger partial charge in [-0.1, -0.05) is 91.8 Å². The van der Waals surface area contributed by atoms with Gasteiger partial charge in [0.2, 0.25) is 0 Å². The summed E-state index contributed by atoms with van der Waals surface area (Å²) in [7, 11) is 0. The lowest BCUT2D eigenvalue weighted by Crippen LogP contribution is -2.59. The van der Waals surface area contributed by atoms with E-state index in [-0.39, 0.29) is 26.4 Å². The minimum absolute atomic E-state index is 0.0123. The fraction of sp³-hybridized carbons (Fsp3) is 0.727. The molecule has 2 aromatic rings. The standard InChI is InChI=1S/C44H72O12/c1-30(2)36-21-34(22-37(25-36)31(3)4)27-52-16-13-48-9-10-50-15-18-54-29-40-41(45)42(46)43(47)44(56-40)55-20-19-51-12-11-49-14-17-53-28-35-23-38(32(5)6)26-39(24-35)33(7)8/h21-26,30-33,40-47H,9-20,27-29H2,1-8H3.